The minimum atomic E-state index is 0.175. The third kappa shape index (κ3) is 7.31. The topological polar surface area (TPSA) is 58.5 Å². The van der Waals surface area contributed by atoms with Crippen LogP contribution in [-0.2, 0) is 6.42 Å². The summed E-state index contributed by atoms with van der Waals surface area (Å²) in [6, 6.07) is 0. The van der Waals surface area contributed by atoms with Crippen molar-refractivity contribution in [2.24, 2.45) is 0 Å². The van der Waals surface area contributed by atoms with E-state index in [1.807, 2.05) is 0 Å². The fraction of sp³-hybridized carbons (Fsp3) is 0.840. The summed E-state index contributed by atoms with van der Waals surface area (Å²) in [5, 5.41) is 10.7. The first-order valence-electron chi connectivity index (χ1n) is 12.8. The predicted octanol–water partition coefficient (Wildman–Crippen LogP) is 6.57. The van der Waals surface area contributed by atoms with Crippen molar-refractivity contribution in [3.8, 4) is 11.6 Å². The maximum Gasteiger partial charge on any atom is 0.262 e. The highest BCUT2D eigenvalue weighted by molar-refractivity contribution is 5.45. The van der Waals surface area contributed by atoms with E-state index in [1.54, 1.807) is 0 Å². The van der Waals surface area contributed by atoms with Crippen molar-refractivity contribution < 1.29 is 9.84 Å². The number of unbranched alkanes of at least 4 members (excludes halogenated alkanes) is 11. The largest absolute Gasteiger partial charge is 0.502 e. The van der Waals surface area contributed by atoms with E-state index in [1.165, 1.54) is 83.5 Å². The van der Waals surface area contributed by atoms with Crippen LogP contribution in [0, 0.1) is 0 Å². The molecule has 1 saturated heterocycles. The monoisotopic (exact) mass is 417 g/mol. The maximum absolute atomic E-state index is 10.7. The first-order valence-corrected chi connectivity index (χ1v) is 12.8. The molecular weight excluding hydrogens is 374 g/mol. The van der Waals surface area contributed by atoms with Gasteiger partial charge in [0.25, 0.3) is 5.88 Å². The lowest BCUT2D eigenvalue weighted by molar-refractivity contribution is 0.110. The molecule has 1 aliphatic heterocycles. The molecule has 0 spiro atoms. The van der Waals surface area contributed by atoms with Crippen molar-refractivity contribution in [3.63, 3.8) is 0 Å². The van der Waals surface area contributed by atoms with Crippen LogP contribution in [0.4, 0.5) is 5.95 Å². The average molecular weight is 418 g/mol. The molecule has 5 nitrogen and oxygen atoms in total. The highest BCUT2D eigenvalue weighted by Crippen LogP contribution is 2.35. The Balaban J connectivity index is 1.34. The number of nitrogens with zero attached hydrogens (tertiary/aromatic N) is 3. The van der Waals surface area contributed by atoms with Crippen LogP contribution in [0.5, 0.6) is 11.6 Å². The van der Waals surface area contributed by atoms with Crippen LogP contribution in [0.15, 0.2) is 0 Å². The van der Waals surface area contributed by atoms with Crippen molar-refractivity contribution in [2.75, 3.05) is 18.0 Å². The summed E-state index contributed by atoms with van der Waals surface area (Å²) in [7, 11) is 0. The van der Waals surface area contributed by atoms with E-state index in [0.717, 1.165) is 50.4 Å². The van der Waals surface area contributed by atoms with E-state index in [2.05, 4.69) is 21.8 Å². The lowest BCUT2D eigenvalue weighted by atomic mass is 9.96. The summed E-state index contributed by atoms with van der Waals surface area (Å²) in [5.41, 5.74) is 0.772. The number of aromatic nitrogens is 2. The fourth-order valence-corrected chi connectivity index (χ4v) is 4.16. The second kappa shape index (κ2) is 13.0. The molecule has 1 aromatic rings. The van der Waals surface area contributed by atoms with E-state index < -0.39 is 0 Å². The van der Waals surface area contributed by atoms with Gasteiger partial charge in [-0.2, -0.15) is 4.98 Å². The zero-order valence-corrected chi connectivity index (χ0v) is 19.2. The normalized spacial score (nSPS) is 16.4. The SMILES string of the molecule is CCCCCCCCCCCCCCc1nc(N2CCC2)nc(OC2CCC2)c1O. The summed E-state index contributed by atoms with van der Waals surface area (Å²) in [6.07, 6.45) is 21.6. The molecule has 1 aliphatic carbocycles. The van der Waals surface area contributed by atoms with Crippen molar-refractivity contribution in [1.82, 2.24) is 9.97 Å². The van der Waals surface area contributed by atoms with Gasteiger partial charge in [-0.15, -0.1) is 0 Å². The molecule has 0 aromatic carbocycles. The van der Waals surface area contributed by atoms with Gasteiger partial charge in [0.2, 0.25) is 11.7 Å². The molecule has 0 radical (unpaired) electrons. The first kappa shape index (κ1) is 23.1. The standard InChI is InChI=1S/C25H43N3O2/c1-2-3-4-5-6-7-8-9-10-11-12-13-18-22-23(29)24(30-21-16-14-17-21)27-25(26-22)28-19-15-20-28/h21,29H,2-20H2,1H3. The van der Waals surface area contributed by atoms with Crippen molar-refractivity contribution in [2.45, 2.75) is 122 Å². The highest BCUT2D eigenvalue weighted by Gasteiger charge is 2.26. The quantitative estimate of drug-likeness (QED) is 0.308. The molecule has 2 fully saturated rings. The second-order valence-electron chi connectivity index (χ2n) is 9.27. The number of aryl methyl sites for hydroxylation is 1. The van der Waals surface area contributed by atoms with Crippen LogP contribution >= 0.6 is 0 Å². The molecule has 1 N–H and O–H groups in total. The van der Waals surface area contributed by atoms with E-state index in [-0.39, 0.29) is 11.9 Å². The van der Waals surface area contributed by atoms with Crippen LogP contribution in [-0.4, -0.2) is 34.3 Å². The number of anilines is 1. The fourth-order valence-electron chi connectivity index (χ4n) is 4.16. The molecule has 5 heteroatoms. The van der Waals surface area contributed by atoms with Crippen LogP contribution in [0.25, 0.3) is 0 Å². The summed E-state index contributed by atoms with van der Waals surface area (Å²) in [6.45, 7) is 4.29. The highest BCUT2D eigenvalue weighted by atomic mass is 16.5. The average Bonchev–Trinajstić information content (AvgIpc) is 2.67. The molecule has 2 heterocycles. The third-order valence-electron chi connectivity index (χ3n) is 6.65. The van der Waals surface area contributed by atoms with Crippen LogP contribution in [0.3, 0.4) is 0 Å². The molecule has 0 amide bonds. The summed E-state index contributed by atoms with van der Waals surface area (Å²) < 4.78 is 5.97. The van der Waals surface area contributed by atoms with Gasteiger partial charge in [-0.1, -0.05) is 77.6 Å². The van der Waals surface area contributed by atoms with Gasteiger partial charge in [0, 0.05) is 13.1 Å². The van der Waals surface area contributed by atoms with Crippen LogP contribution < -0.4 is 9.64 Å². The molecule has 30 heavy (non-hydrogen) atoms. The molecule has 0 atom stereocenters. The van der Waals surface area contributed by atoms with Crippen molar-refractivity contribution >= 4 is 5.95 Å². The molecule has 0 unspecified atom stereocenters. The summed E-state index contributed by atoms with van der Waals surface area (Å²) in [4.78, 5) is 11.4. The number of hydrogen-bond donors (Lipinski definition) is 1. The predicted molar refractivity (Wildman–Crippen MR) is 124 cm³/mol. The zero-order chi connectivity index (χ0) is 21.0. The number of rotatable bonds is 16. The summed E-state index contributed by atoms with van der Waals surface area (Å²) >= 11 is 0. The van der Waals surface area contributed by atoms with Gasteiger partial charge in [-0.3, -0.25) is 0 Å². The Labute approximate surface area is 183 Å². The smallest absolute Gasteiger partial charge is 0.262 e. The molecule has 170 valence electrons. The molecule has 0 bridgehead atoms. The molecule has 3 rings (SSSR count). The Kier molecular flexibility index (Phi) is 10.0. The van der Waals surface area contributed by atoms with Crippen LogP contribution in [0.2, 0.25) is 0 Å². The second-order valence-corrected chi connectivity index (χ2v) is 9.27. The van der Waals surface area contributed by atoms with Gasteiger partial charge in [-0.05, 0) is 38.5 Å². The Morgan fingerprint density at radius 1 is 0.833 bits per heavy atom. The van der Waals surface area contributed by atoms with Crippen molar-refractivity contribution in [3.05, 3.63) is 5.69 Å². The minimum absolute atomic E-state index is 0.175. The molecule has 1 saturated carbocycles. The van der Waals surface area contributed by atoms with Gasteiger partial charge >= 0.3 is 0 Å². The third-order valence-corrected chi connectivity index (χ3v) is 6.65. The Bertz CT molecular complexity index is 615. The van der Waals surface area contributed by atoms with E-state index >= 15 is 0 Å². The maximum atomic E-state index is 10.7. The zero-order valence-electron chi connectivity index (χ0n) is 19.2. The van der Waals surface area contributed by atoms with Gasteiger partial charge in [0.05, 0.1) is 5.69 Å². The Morgan fingerprint density at radius 2 is 1.43 bits per heavy atom. The minimum Gasteiger partial charge on any atom is -0.502 e. The van der Waals surface area contributed by atoms with Gasteiger partial charge in [0.15, 0.2) is 0 Å². The lowest BCUT2D eigenvalue weighted by Gasteiger charge is -2.32. The van der Waals surface area contributed by atoms with Crippen molar-refractivity contribution in [1.29, 1.82) is 0 Å². The number of hydrogen-bond acceptors (Lipinski definition) is 5. The summed E-state index contributed by atoms with van der Waals surface area (Å²) in [5.74, 6) is 1.32. The van der Waals surface area contributed by atoms with Gasteiger partial charge in [-0.25, -0.2) is 4.98 Å². The van der Waals surface area contributed by atoms with E-state index in [4.69, 9.17) is 4.74 Å². The molecular formula is C25H43N3O2. The Morgan fingerprint density at radius 3 is 1.93 bits per heavy atom. The number of aromatic hydroxyl groups is 1. The van der Waals surface area contributed by atoms with E-state index in [9.17, 15) is 5.11 Å². The van der Waals surface area contributed by atoms with Gasteiger partial charge < -0.3 is 14.7 Å². The first-order chi connectivity index (χ1) is 14.8. The van der Waals surface area contributed by atoms with Gasteiger partial charge in [0.1, 0.15) is 6.10 Å². The molecule has 1 aromatic heterocycles. The van der Waals surface area contributed by atoms with E-state index in [0.29, 0.717) is 5.88 Å². The number of ether oxygens (including phenoxy) is 1. The Hall–Kier alpha value is -1.52. The van der Waals surface area contributed by atoms with Crippen LogP contribution in [0.1, 0.15) is 115 Å². The lowest BCUT2D eigenvalue weighted by Crippen LogP contribution is -2.38. The molecule has 2 aliphatic rings.